The number of nitrogens with zero attached hydrogens (tertiary/aromatic N) is 1. The SMILES string of the molecule is COC[C@]12CCC[C@H]1CN(C(=O)c1ccco1)C2. The maximum absolute atomic E-state index is 12.3. The summed E-state index contributed by atoms with van der Waals surface area (Å²) in [5, 5.41) is 0. The second-order valence-electron chi connectivity index (χ2n) is 5.55. The summed E-state index contributed by atoms with van der Waals surface area (Å²) in [6.07, 6.45) is 5.20. The molecular weight excluding hydrogens is 230 g/mol. The molecule has 1 aromatic rings. The van der Waals surface area contributed by atoms with Crippen molar-refractivity contribution >= 4 is 5.91 Å². The number of amides is 1. The molecule has 2 atom stereocenters. The van der Waals surface area contributed by atoms with Gasteiger partial charge in [-0.1, -0.05) is 6.42 Å². The number of carbonyl (C=O) groups is 1. The summed E-state index contributed by atoms with van der Waals surface area (Å²) in [4.78, 5) is 14.2. The molecule has 0 spiro atoms. The van der Waals surface area contributed by atoms with Crippen molar-refractivity contribution in [2.45, 2.75) is 19.3 Å². The third-order valence-corrected chi connectivity index (χ3v) is 4.49. The van der Waals surface area contributed by atoms with Crippen molar-refractivity contribution in [3.8, 4) is 0 Å². The lowest BCUT2D eigenvalue weighted by Crippen LogP contribution is -2.34. The number of rotatable bonds is 3. The monoisotopic (exact) mass is 249 g/mol. The molecule has 18 heavy (non-hydrogen) atoms. The number of fused-ring (bicyclic) bond motifs is 1. The van der Waals surface area contributed by atoms with E-state index in [-0.39, 0.29) is 11.3 Å². The summed E-state index contributed by atoms with van der Waals surface area (Å²) in [6, 6.07) is 3.49. The first kappa shape index (κ1) is 11.8. The minimum atomic E-state index is 0.0184. The standard InChI is InChI=1S/C14H19NO3/c1-17-10-14-6-2-4-11(14)8-15(9-14)13(16)12-5-3-7-18-12/h3,5,7,11H,2,4,6,8-10H2,1H3/t11-,14+/m0/s1. The smallest absolute Gasteiger partial charge is 0.289 e. The van der Waals surface area contributed by atoms with Gasteiger partial charge >= 0.3 is 0 Å². The number of furan rings is 1. The number of methoxy groups -OCH3 is 1. The Bertz CT molecular complexity index is 428. The van der Waals surface area contributed by atoms with E-state index in [1.807, 2.05) is 4.90 Å². The van der Waals surface area contributed by atoms with Gasteiger partial charge in [0.15, 0.2) is 5.76 Å². The number of carbonyl (C=O) groups excluding carboxylic acids is 1. The fourth-order valence-corrected chi connectivity index (χ4v) is 3.65. The van der Waals surface area contributed by atoms with Crippen LogP contribution in [0.3, 0.4) is 0 Å². The van der Waals surface area contributed by atoms with Gasteiger partial charge in [0.25, 0.3) is 5.91 Å². The second-order valence-corrected chi connectivity index (χ2v) is 5.55. The van der Waals surface area contributed by atoms with E-state index in [0.29, 0.717) is 11.7 Å². The zero-order chi connectivity index (χ0) is 12.6. The highest BCUT2D eigenvalue weighted by atomic mass is 16.5. The summed E-state index contributed by atoms with van der Waals surface area (Å²) in [5.74, 6) is 1.06. The molecule has 3 rings (SSSR count). The zero-order valence-electron chi connectivity index (χ0n) is 10.7. The van der Waals surface area contributed by atoms with Crippen molar-refractivity contribution in [1.29, 1.82) is 0 Å². The van der Waals surface area contributed by atoms with Crippen molar-refractivity contribution in [2.75, 3.05) is 26.8 Å². The van der Waals surface area contributed by atoms with Crippen LogP contribution in [0.4, 0.5) is 0 Å². The highest BCUT2D eigenvalue weighted by Gasteiger charge is 2.50. The first-order valence-corrected chi connectivity index (χ1v) is 6.57. The van der Waals surface area contributed by atoms with Crippen LogP contribution in [0.5, 0.6) is 0 Å². The van der Waals surface area contributed by atoms with Crippen LogP contribution in [0.25, 0.3) is 0 Å². The molecule has 1 aromatic heterocycles. The molecule has 98 valence electrons. The normalized spacial score (nSPS) is 30.7. The Balaban J connectivity index is 1.76. The van der Waals surface area contributed by atoms with Gasteiger partial charge in [-0.2, -0.15) is 0 Å². The van der Waals surface area contributed by atoms with E-state index in [1.165, 1.54) is 19.3 Å². The Labute approximate surface area is 107 Å². The average molecular weight is 249 g/mol. The van der Waals surface area contributed by atoms with Crippen molar-refractivity contribution in [2.24, 2.45) is 11.3 Å². The van der Waals surface area contributed by atoms with Crippen LogP contribution in [0.2, 0.25) is 0 Å². The Hall–Kier alpha value is -1.29. The molecule has 4 nitrogen and oxygen atoms in total. The van der Waals surface area contributed by atoms with Gasteiger partial charge < -0.3 is 14.1 Å². The minimum Gasteiger partial charge on any atom is -0.459 e. The summed E-state index contributed by atoms with van der Waals surface area (Å²) in [5.41, 5.74) is 0.191. The molecule has 2 heterocycles. The lowest BCUT2D eigenvalue weighted by atomic mass is 9.82. The molecule has 1 aliphatic carbocycles. The third kappa shape index (κ3) is 1.75. The minimum absolute atomic E-state index is 0.0184. The van der Waals surface area contributed by atoms with Gasteiger partial charge in [-0.05, 0) is 30.9 Å². The van der Waals surface area contributed by atoms with Crippen LogP contribution >= 0.6 is 0 Å². The van der Waals surface area contributed by atoms with E-state index < -0.39 is 0 Å². The van der Waals surface area contributed by atoms with E-state index in [9.17, 15) is 4.79 Å². The maximum atomic E-state index is 12.3. The van der Waals surface area contributed by atoms with E-state index in [1.54, 1.807) is 25.5 Å². The van der Waals surface area contributed by atoms with Gasteiger partial charge in [0.1, 0.15) is 0 Å². The first-order valence-electron chi connectivity index (χ1n) is 6.57. The molecule has 1 saturated carbocycles. The van der Waals surface area contributed by atoms with Crippen LogP contribution < -0.4 is 0 Å². The highest BCUT2D eigenvalue weighted by molar-refractivity contribution is 5.91. The third-order valence-electron chi connectivity index (χ3n) is 4.49. The first-order chi connectivity index (χ1) is 8.75. The Morgan fingerprint density at radius 2 is 2.56 bits per heavy atom. The molecule has 1 aliphatic heterocycles. The van der Waals surface area contributed by atoms with Gasteiger partial charge in [-0.15, -0.1) is 0 Å². The van der Waals surface area contributed by atoms with Crippen molar-refractivity contribution in [3.63, 3.8) is 0 Å². The molecule has 4 heteroatoms. The summed E-state index contributed by atoms with van der Waals surface area (Å²) in [6.45, 7) is 2.42. The van der Waals surface area contributed by atoms with Gasteiger partial charge in [0.05, 0.1) is 12.9 Å². The predicted octanol–water partition coefficient (Wildman–Crippen LogP) is 2.17. The van der Waals surface area contributed by atoms with Crippen molar-refractivity contribution in [1.82, 2.24) is 4.90 Å². The Morgan fingerprint density at radius 3 is 3.28 bits per heavy atom. The molecule has 0 aromatic carbocycles. The van der Waals surface area contributed by atoms with Gasteiger partial charge in [-0.25, -0.2) is 0 Å². The average Bonchev–Trinajstić information content (AvgIpc) is 3.02. The second kappa shape index (κ2) is 4.43. The van der Waals surface area contributed by atoms with Crippen LogP contribution in [-0.4, -0.2) is 37.6 Å². The fourth-order valence-electron chi connectivity index (χ4n) is 3.65. The molecule has 2 fully saturated rings. The van der Waals surface area contributed by atoms with Crippen LogP contribution in [0.1, 0.15) is 29.8 Å². The topological polar surface area (TPSA) is 42.7 Å². The molecule has 0 N–H and O–H groups in total. The molecular formula is C14H19NO3. The van der Waals surface area contributed by atoms with Crippen LogP contribution in [0.15, 0.2) is 22.8 Å². The van der Waals surface area contributed by atoms with Crippen LogP contribution in [-0.2, 0) is 4.74 Å². The molecule has 1 saturated heterocycles. The molecule has 2 aliphatic rings. The highest BCUT2D eigenvalue weighted by Crippen LogP contribution is 2.49. The maximum Gasteiger partial charge on any atom is 0.289 e. The molecule has 0 bridgehead atoms. The van der Waals surface area contributed by atoms with E-state index in [2.05, 4.69) is 0 Å². The lowest BCUT2D eigenvalue weighted by molar-refractivity contribution is 0.0609. The summed E-state index contributed by atoms with van der Waals surface area (Å²) in [7, 11) is 1.75. The molecule has 0 unspecified atom stereocenters. The van der Waals surface area contributed by atoms with Crippen molar-refractivity contribution in [3.05, 3.63) is 24.2 Å². The van der Waals surface area contributed by atoms with Crippen molar-refractivity contribution < 1.29 is 13.9 Å². The number of hydrogen-bond acceptors (Lipinski definition) is 3. The van der Waals surface area contributed by atoms with Gasteiger partial charge in [0, 0.05) is 25.6 Å². The van der Waals surface area contributed by atoms with Gasteiger partial charge in [0.2, 0.25) is 0 Å². The number of likely N-dealkylation sites (tertiary alicyclic amines) is 1. The quantitative estimate of drug-likeness (QED) is 0.824. The lowest BCUT2D eigenvalue weighted by Gasteiger charge is -2.27. The van der Waals surface area contributed by atoms with E-state index in [4.69, 9.17) is 9.15 Å². The number of hydrogen-bond donors (Lipinski definition) is 0. The summed E-state index contributed by atoms with van der Waals surface area (Å²) < 4.78 is 10.6. The number of ether oxygens (including phenoxy) is 1. The van der Waals surface area contributed by atoms with Gasteiger partial charge in [-0.3, -0.25) is 4.79 Å². The largest absolute Gasteiger partial charge is 0.459 e. The molecule has 0 radical (unpaired) electrons. The summed E-state index contributed by atoms with van der Waals surface area (Å²) >= 11 is 0. The predicted molar refractivity (Wildman–Crippen MR) is 66.3 cm³/mol. The molecule has 1 amide bonds. The Kier molecular flexibility index (Phi) is 2.90. The van der Waals surface area contributed by atoms with Crippen LogP contribution in [0, 0.1) is 11.3 Å². The fraction of sp³-hybridized carbons (Fsp3) is 0.643. The Morgan fingerprint density at radius 1 is 1.67 bits per heavy atom. The van der Waals surface area contributed by atoms with E-state index >= 15 is 0 Å². The zero-order valence-corrected chi connectivity index (χ0v) is 10.7. The van der Waals surface area contributed by atoms with E-state index in [0.717, 1.165) is 19.7 Å².